The molecule has 0 atom stereocenters. The van der Waals surface area contributed by atoms with Gasteiger partial charge in [-0.15, -0.1) is 0 Å². The fraction of sp³-hybridized carbons (Fsp3) is 0.143. The molecule has 0 aromatic heterocycles. The zero-order chi connectivity index (χ0) is 11.8. The summed E-state index contributed by atoms with van der Waals surface area (Å²) in [7, 11) is -2.29. The molecule has 1 rings (SSSR count). The van der Waals surface area contributed by atoms with Crippen LogP contribution >= 0.6 is 15.9 Å². The van der Waals surface area contributed by atoms with Gasteiger partial charge in [-0.3, -0.25) is 0 Å². The SMILES string of the molecule is OB(O)c1cc(Br)cc(C(F)(F)F)c1F. The molecule has 82 valence electrons. The quantitative estimate of drug-likeness (QED) is 0.603. The summed E-state index contributed by atoms with van der Waals surface area (Å²) in [5.41, 5.74) is -2.36. The highest BCUT2D eigenvalue weighted by molar-refractivity contribution is 9.10. The minimum absolute atomic E-state index is 0.0840. The van der Waals surface area contributed by atoms with Crippen LogP contribution in [0.5, 0.6) is 0 Å². The molecule has 0 radical (unpaired) electrons. The van der Waals surface area contributed by atoms with E-state index < -0.39 is 30.1 Å². The minimum atomic E-state index is -4.88. The highest BCUT2D eigenvalue weighted by Crippen LogP contribution is 2.32. The molecule has 0 amide bonds. The van der Waals surface area contributed by atoms with E-state index in [4.69, 9.17) is 10.0 Å². The maximum absolute atomic E-state index is 13.1. The second-order valence-electron chi connectivity index (χ2n) is 2.73. The number of hydrogen-bond donors (Lipinski definition) is 2. The Morgan fingerprint density at radius 1 is 1.20 bits per heavy atom. The van der Waals surface area contributed by atoms with Gasteiger partial charge in [0.2, 0.25) is 0 Å². The average Bonchev–Trinajstić information content (AvgIpc) is 2.06. The molecule has 2 N–H and O–H groups in total. The first-order valence-electron chi connectivity index (χ1n) is 3.65. The van der Waals surface area contributed by atoms with Crippen LogP contribution in [0.2, 0.25) is 0 Å². The van der Waals surface area contributed by atoms with Crippen molar-refractivity contribution in [2.45, 2.75) is 6.18 Å². The number of rotatable bonds is 1. The van der Waals surface area contributed by atoms with Crippen molar-refractivity contribution >= 4 is 28.5 Å². The molecule has 0 unspecified atom stereocenters. The lowest BCUT2D eigenvalue weighted by atomic mass is 9.79. The second kappa shape index (κ2) is 4.11. The van der Waals surface area contributed by atoms with Crippen LogP contribution < -0.4 is 5.46 Å². The molecule has 1 aromatic carbocycles. The summed E-state index contributed by atoms with van der Waals surface area (Å²) in [6.07, 6.45) is -4.88. The summed E-state index contributed by atoms with van der Waals surface area (Å²) >= 11 is 2.72. The van der Waals surface area contributed by atoms with Crippen molar-refractivity contribution < 1.29 is 27.6 Å². The molecule has 0 fully saturated rings. The zero-order valence-corrected chi connectivity index (χ0v) is 8.60. The van der Waals surface area contributed by atoms with Gasteiger partial charge >= 0.3 is 13.3 Å². The molecule has 0 saturated carbocycles. The van der Waals surface area contributed by atoms with E-state index in [0.717, 1.165) is 6.07 Å². The molecule has 1 aromatic rings. The van der Waals surface area contributed by atoms with Gasteiger partial charge in [0.1, 0.15) is 5.82 Å². The van der Waals surface area contributed by atoms with Crippen LogP contribution in [0, 0.1) is 5.82 Å². The number of alkyl halides is 3. The van der Waals surface area contributed by atoms with Crippen molar-refractivity contribution in [3.8, 4) is 0 Å². The average molecular weight is 287 g/mol. The third-order valence-electron chi connectivity index (χ3n) is 1.65. The molecule has 0 aliphatic carbocycles. The molecule has 0 saturated heterocycles. The van der Waals surface area contributed by atoms with Crippen LogP contribution in [-0.2, 0) is 6.18 Å². The predicted octanol–water partition coefficient (Wildman–Crippen LogP) is 1.29. The van der Waals surface area contributed by atoms with Crippen LogP contribution in [-0.4, -0.2) is 17.2 Å². The van der Waals surface area contributed by atoms with Gasteiger partial charge in [-0.05, 0) is 12.1 Å². The van der Waals surface area contributed by atoms with Gasteiger partial charge < -0.3 is 10.0 Å². The van der Waals surface area contributed by atoms with E-state index in [1.165, 1.54) is 0 Å². The third-order valence-corrected chi connectivity index (χ3v) is 2.11. The lowest BCUT2D eigenvalue weighted by Crippen LogP contribution is -2.34. The van der Waals surface area contributed by atoms with Crippen molar-refractivity contribution in [1.82, 2.24) is 0 Å². The smallest absolute Gasteiger partial charge is 0.423 e. The van der Waals surface area contributed by atoms with E-state index in [-0.39, 0.29) is 4.47 Å². The fourth-order valence-electron chi connectivity index (χ4n) is 1.00. The van der Waals surface area contributed by atoms with Crippen LogP contribution in [0.3, 0.4) is 0 Å². The lowest BCUT2D eigenvalue weighted by Gasteiger charge is -2.11. The summed E-state index contributed by atoms with van der Waals surface area (Å²) < 4.78 is 49.8. The van der Waals surface area contributed by atoms with Gasteiger partial charge in [0.25, 0.3) is 0 Å². The first-order valence-corrected chi connectivity index (χ1v) is 4.45. The van der Waals surface area contributed by atoms with Crippen molar-refractivity contribution in [3.05, 3.63) is 28.0 Å². The Kier molecular flexibility index (Phi) is 3.42. The van der Waals surface area contributed by atoms with Crippen LogP contribution in [0.25, 0.3) is 0 Å². The molecule has 0 aliphatic rings. The molecule has 0 bridgehead atoms. The van der Waals surface area contributed by atoms with Gasteiger partial charge in [0.05, 0.1) is 5.56 Å². The van der Waals surface area contributed by atoms with Crippen molar-refractivity contribution in [1.29, 1.82) is 0 Å². The van der Waals surface area contributed by atoms with E-state index in [0.29, 0.717) is 6.07 Å². The van der Waals surface area contributed by atoms with Crippen LogP contribution in [0.1, 0.15) is 5.56 Å². The van der Waals surface area contributed by atoms with E-state index in [9.17, 15) is 17.6 Å². The molecular formula is C7H4BBrF4O2. The molecule has 0 aliphatic heterocycles. The number of benzene rings is 1. The van der Waals surface area contributed by atoms with Crippen LogP contribution in [0.15, 0.2) is 16.6 Å². The largest absolute Gasteiger partial charge is 0.491 e. The first kappa shape index (κ1) is 12.5. The maximum Gasteiger partial charge on any atom is 0.491 e. The van der Waals surface area contributed by atoms with Crippen LogP contribution in [0.4, 0.5) is 17.6 Å². The summed E-state index contributed by atoms with van der Waals surface area (Å²) in [6.45, 7) is 0. The molecule has 0 heterocycles. The third kappa shape index (κ3) is 2.70. The van der Waals surface area contributed by atoms with Gasteiger partial charge in [-0.1, -0.05) is 15.9 Å². The molecular weight excluding hydrogens is 283 g/mol. The van der Waals surface area contributed by atoms with E-state index in [1.54, 1.807) is 0 Å². The Morgan fingerprint density at radius 2 is 1.73 bits per heavy atom. The Morgan fingerprint density at radius 3 is 2.13 bits per heavy atom. The van der Waals surface area contributed by atoms with Crippen molar-refractivity contribution in [2.75, 3.05) is 0 Å². The van der Waals surface area contributed by atoms with E-state index >= 15 is 0 Å². The van der Waals surface area contributed by atoms with Crippen molar-refractivity contribution in [3.63, 3.8) is 0 Å². The highest BCUT2D eigenvalue weighted by Gasteiger charge is 2.36. The molecule has 15 heavy (non-hydrogen) atoms. The highest BCUT2D eigenvalue weighted by atomic mass is 79.9. The fourth-order valence-corrected chi connectivity index (χ4v) is 1.48. The molecule has 2 nitrogen and oxygen atoms in total. The van der Waals surface area contributed by atoms with E-state index in [1.807, 2.05) is 0 Å². The molecule has 8 heteroatoms. The Hall–Kier alpha value is -0.595. The summed E-state index contributed by atoms with van der Waals surface area (Å²) in [6, 6.07) is 1.40. The summed E-state index contributed by atoms with van der Waals surface area (Å²) in [4.78, 5) is 0. The van der Waals surface area contributed by atoms with Gasteiger partial charge in [-0.2, -0.15) is 13.2 Å². The van der Waals surface area contributed by atoms with Gasteiger partial charge in [-0.25, -0.2) is 4.39 Å². The number of halogens is 5. The number of hydrogen-bond acceptors (Lipinski definition) is 2. The minimum Gasteiger partial charge on any atom is -0.423 e. The topological polar surface area (TPSA) is 40.5 Å². The first-order chi connectivity index (χ1) is 6.73. The normalized spacial score (nSPS) is 11.7. The summed E-state index contributed by atoms with van der Waals surface area (Å²) in [5, 5.41) is 17.3. The lowest BCUT2D eigenvalue weighted by molar-refractivity contribution is -0.139. The predicted molar refractivity (Wildman–Crippen MR) is 48.9 cm³/mol. The summed E-state index contributed by atoms with van der Waals surface area (Å²) in [5.74, 6) is -1.68. The standard InChI is InChI=1S/C7H4BBrF4O2/c9-3-1-4(7(11,12)13)6(10)5(2-3)8(14)15/h1-2,14-15H. The van der Waals surface area contributed by atoms with E-state index in [2.05, 4.69) is 15.9 Å². The van der Waals surface area contributed by atoms with Gasteiger partial charge in [0, 0.05) is 9.94 Å². The Labute approximate surface area is 90.8 Å². The van der Waals surface area contributed by atoms with Gasteiger partial charge in [0.15, 0.2) is 0 Å². The Balaban J connectivity index is 3.42. The monoisotopic (exact) mass is 286 g/mol. The van der Waals surface area contributed by atoms with Crippen molar-refractivity contribution in [2.24, 2.45) is 0 Å². The zero-order valence-electron chi connectivity index (χ0n) is 7.02. The maximum atomic E-state index is 13.1. The second-order valence-corrected chi connectivity index (χ2v) is 3.64. The Bertz CT molecular complexity index is 380. The molecule has 0 spiro atoms.